The minimum atomic E-state index is -0.717. The molecule has 1 aromatic heterocycles. The SMILES string of the molecule is COC(=O)C1=C(C)N(C)C(C)=C(C(=O)OC(C)C)C1c1cccc2nonc12. The Kier molecular flexibility index (Phi) is 5.22. The van der Waals surface area contributed by atoms with Crippen molar-refractivity contribution in [1.82, 2.24) is 15.2 Å². The van der Waals surface area contributed by atoms with Crippen molar-refractivity contribution < 1.29 is 23.7 Å². The summed E-state index contributed by atoms with van der Waals surface area (Å²) < 4.78 is 15.4. The number of benzene rings is 1. The highest BCUT2D eigenvalue weighted by molar-refractivity contribution is 6.01. The van der Waals surface area contributed by atoms with Gasteiger partial charge in [0.25, 0.3) is 0 Å². The first-order chi connectivity index (χ1) is 13.3. The molecule has 0 amide bonds. The lowest BCUT2D eigenvalue weighted by molar-refractivity contribution is -0.143. The maximum absolute atomic E-state index is 13.0. The van der Waals surface area contributed by atoms with E-state index in [4.69, 9.17) is 14.1 Å². The lowest BCUT2D eigenvalue weighted by Crippen LogP contribution is -2.34. The Morgan fingerprint density at radius 3 is 2.36 bits per heavy atom. The molecule has 1 atom stereocenters. The van der Waals surface area contributed by atoms with Crippen LogP contribution in [0.15, 0.2) is 45.4 Å². The predicted octanol–water partition coefficient (Wildman–Crippen LogP) is 2.92. The number of allylic oxidation sites excluding steroid dienone is 2. The van der Waals surface area contributed by atoms with E-state index in [1.54, 1.807) is 44.0 Å². The van der Waals surface area contributed by atoms with Crippen LogP contribution in [-0.4, -0.2) is 47.4 Å². The smallest absolute Gasteiger partial charge is 0.337 e. The molecule has 8 heteroatoms. The molecular weight excluding hydrogens is 362 g/mol. The maximum atomic E-state index is 13.0. The van der Waals surface area contributed by atoms with Gasteiger partial charge < -0.3 is 14.4 Å². The molecule has 0 N–H and O–H groups in total. The van der Waals surface area contributed by atoms with Crippen molar-refractivity contribution in [2.45, 2.75) is 39.7 Å². The number of nitrogens with zero attached hydrogens (tertiary/aromatic N) is 3. The van der Waals surface area contributed by atoms with Crippen LogP contribution in [0, 0.1) is 0 Å². The number of hydrogen-bond acceptors (Lipinski definition) is 8. The predicted molar refractivity (Wildman–Crippen MR) is 101 cm³/mol. The molecule has 1 aliphatic heterocycles. The molecule has 8 nitrogen and oxygen atoms in total. The molecule has 0 radical (unpaired) electrons. The van der Waals surface area contributed by atoms with Crippen LogP contribution in [0.2, 0.25) is 0 Å². The first-order valence-corrected chi connectivity index (χ1v) is 8.93. The topological polar surface area (TPSA) is 94.8 Å². The molecule has 1 aliphatic rings. The number of esters is 2. The standard InChI is InChI=1S/C20H23N3O5/c1-10(2)27-20(25)16-12(4)23(5)11(3)15(19(24)26-6)17(16)13-8-7-9-14-18(13)22-28-21-14/h7-10,17H,1-6H3. The summed E-state index contributed by atoms with van der Waals surface area (Å²) >= 11 is 0. The molecule has 0 saturated heterocycles. The van der Waals surface area contributed by atoms with Gasteiger partial charge in [-0.2, -0.15) is 0 Å². The van der Waals surface area contributed by atoms with Crippen molar-refractivity contribution in [2.75, 3.05) is 14.2 Å². The Morgan fingerprint density at radius 1 is 1.11 bits per heavy atom. The van der Waals surface area contributed by atoms with Crippen LogP contribution in [0.5, 0.6) is 0 Å². The Bertz CT molecular complexity index is 1000. The second-order valence-electron chi connectivity index (χ2n) is 6.92. The van der Waals surface area contributed by atoms with Gasteiger partial charge in [-0.1, -0.05) is 12.1 Å². The molecule has 0 fully saturated rings. The number of aromatic nitrogens is 2. The summed E-state index contributed by atoms with van der Waals surface area (Å²) in [7, 11) is 3.11. The zero-order chi connectivity index (χ0) is 20.6. The van der Waals surface area contributed by atoms with Gasteiger partial charge >= 0.3 is 11.9 Å². The third kappa shape index (κ3) is 3.15. The Labute approximate surface area is 162 Å². The number of fused-ring (bicyclic) bond motifs is 1. The molecule has 148 valence electrons. The first kappa shape index (κ1) is 19.6. The van der Waals surface area contributed by atoms with Crippen LogP contribution in [0.4, 0.5) is 0 Å². The molecule has 3 rings (SSSR count). The number of ether oxygens (including phenoxy) is 2. The number of carbonyl (C=O) groups excluding carboxylic acids is 2. The second kappa shape index (κ2) is 7.46. The van der Waals surface area contributed by atoms with Gasteiger partial charge in [0.05, 0.1) is 30.3 Å². The number of carbonyl (C=O) groups is 2. The summed E-state index contributed by atoms with van der Waals surface area (Å²) in [6, 6.07) is 5.33. The summed E-state index contributed by atoms with van der Waals surface area (Å²) in [5, 5.41) is 7.86. The summed E-state index contributed by atoms with van der Waals surface area (Å²) in [6.45, 7) is 7.19. The fourth-order valence-corrected chi connectivity index (χ4v) is 3.46. The lowest BCUT2D eigenvalue weighted by Gasteiger charge is -2.35. The van der Waals surface area contributed by atoms with Gasteiger partial charge in [0.2, 0.25) is 0 Å². The monoisotopic (exact) mass is 385 g/mol. The molecule has 1 aromatic carbocycles. The van der Waals surface area contributed by atoms with Crippen molar-refractivity contribution in [3.63, 3.8) is 0 Å². The lowest BCUT2D eigenvalue weighted by atomic mass is 9.79. The normalized spacial score (nSPS) is 17.5. The van der Waals surface area contributed by atoms with Crippen molar-refractivity contribution in [1.29, 1.82) is 0 Å². The van der Waals surface area contributed by atoms with E-state index in [1.165, 1.54) is 7.11 Å². The first-order valence-electron chi connectivity index (χ1n) is 8.93. The van der Waals surface area contributed by atoms with Gasteiger partial charge in [0.15, 0.2) is 0 Å². The van der Waals surface area contributed by atoms with Crippen molar-refractivity contribution >= 4 is 23.0 Å². The van der Waals surface area contributed by atoms with Crippen molar-refractivity contribution in [3.05, 3.63) is 46.3 Å². The quantitative estimate of drug-likeness (QED) is 0.742. The van der Waals surface area contributed by atoms with Crippen LogP contribution in [0.1, 0.15) is 39.2 Å². The molecule has 0 bridgehead atoms. The third-order valence-corrected chi connectivity index (χ3v) is 4.96. The number of methoxy groups -OCH3 is 1. The molecule has 0 saturated carbocycles. The molecule has 0 spiro atoms. The molecule has 1 unspecified atom stereocenters. The Balaban J connectivity index is 2.31. The van der Waals surface area contributed by atoms with Crippen molar-refractivity contribution in [3.8, 4) is 0 Å². The zero-order valence-electron chi connectivity index (χ0n) is 16.8. The molecule has 0 aliphatic carbocycles. The highest BCUT2D eigenvalue weighted by Crippen LogP contribution is 2.43. The molecule has 28 heavy (non-hydrogen) atoms. The van der Waals surface area contributed by atoms with Crippen LogP contribution in [0.3, 0.4) is 0 Å². The average molecular weight is 385 g/mol. The highest BCUT2D eigenvalue weighted by Gasteiger charge is 2.41. The fraction of sp³-hybridized carbons (Fsp3) is 0.400. The van der Waals surface area contributed by atoms with Crippen molar-refractivity contribution in [2.24, 2.45) is 0 Å². The maximum Gasteiger partial charge on any atom is 0.337 e. The van der Waals surface area contributed by atoms with E-state index < -0.39 is 17.9 Å². The van der Waals surface area contributed by atoms with Crippen LogP contribution in [0.25, 0.3) is 11.0 Å². The summed E-state index contributed by atoms with van der Waals surface area (Å²) in [5.74, 6) is -1.73. The molecule has 2 aromatic rings. The van der Waals surface area contributed by atoms with E-state index in [0.29, 0.717) is 39.1 Å². The summed E-state index contributed by atoms with van der Waals surface area (Å²) in [6.07, 6.45) is -0.308. The summed E-state index contributed by atoms with van der Waals surface area (Å²) in [5.41, 5.74) is 3.72. The third-order valence-electron chi connectivity index (χ3n) is 4.96. The molecular formula is C20H23N3O5. The highest BCUT2D eigenvalue weighted by atomic mass is 16.6. The Hall–Kier alpha value is -3.16. The van der Waals surface area contributed by atoms with Gasteiger partial charge in [0, 0.05) is 18.4 Å². The minimum Gasteiger partial charge on any atom is -0.466 e. The number of rotatable bonds is 4. The van der Waals surface area contributed by atoms with Gasteiger partial charge in [-0.05, 0) is 49.6 Å². The summed E-state index contributed by atoms with van der Waals surface area (Å²) in [4.78, 5) is 27.6. The van der Waals surface area contributed by atoms with E-state index in [-0.39, 0.29) is 6.10 Å². The fourth-order valence-electron chi connectivity index (χ4n) is 3.46. The van der Waals surface area contributed by atoms with Crippen LogP contribution < -0.4 is 0 Å². The molecule has 2 heterocycles. The Morgan fingerprint density at radius 2 is 1.75 bits per heavy atom. The van der Waals surface area contributed by atoms with Gasteiger partial charge in [-0.15, -0.1) is 0 Å². The zero-order valence-corrected chi connectivity index (χ0v) is 16.8. The van der Waals surface area contributed by atoms with E-state index in [2.05, 4.69) is 10.3 Å². The van der Waals surface area contributed by atoms with E-state index in [1.807, 2.05) is 13.8 Å². The second-order valence-corrected chi connectivity index (χ2v) is 6.92. The minimum absolute atomic E-state index is 0.308. The van der Waals surface area contributed by atoms with Crippen LogP contribution >= 0.6 is 0 Å². The average Bonchev–Trinajstić information content (AvgIpc) is 3.13. The van der Waals surface area contributed by atoms with E-state index >= 15 is 0 Å². The van der Waals surface area contributed by atoms with Gasteiger partial charge in [-0.25, -0.2) is 14.2 Å². The van der Waals surface area contributed by atoms with Crippen LogP contribution in [-0.2, 0) is 19.1 Å². The van der Waals surface area contributed by atoms with Gasteiger partial charge in [0.1, 0.15) is 11.0 Å². The van der Waals surface area contributed by atoms with Gasteiger partial charge in [-0.3, -0.25) is 0 Å². The largest absolute Gasteiger partial charge is 0.466 e. The van der Waals surface area contributed by atoms with E-state index in [9.17, 15) is 9.59 Å². The van der Waals surface area contributed by atoms with E-state index in [0.717, 1.165) is 0 Å². The number of hydrogen-bond donors (Lipinski definition) is 0.